The highest BCUT2D eigenvalue weighted by Crippen LogP contribution is 2.19. The molecule has 1 atom stereocenters. The first kappa shape index (κ1) is 18.2. The number of rotatable bonds is 10. The summed E-state index contributed by atoms with van der Waals surface area (Å²) in [4.78, 5) is 0. The van der Waals surface area contributed by atoms with Crippen molar-refractivity contribution in [2.75, 3.05) is 6.54 Å². The minimum atomic E-state index is 0.555. The average molecular weight is 293 g/mol. The Morgan fingerprint density at radius 1 is 1.19 bits per heavy atom. The number of hydrogen-bond acceptors (Lipinski definition) is 2. The Kier molecular flexibility index (Phi) is 8.02. The van der Waals surface area contributed by atoms with Crippen molar-refractivity contribution in [1.29, 1.82) is 0 Å². The van der Waals surface area contributed by atoms with Crippen LogP contribution in [0.25, 0.3) is 0 Å². The van der Waals surface area contributed by atoms with Gasteiger partial charge in [-0.3, -0.25) is 4.68 Å². The molecule has 1 rings (SSSR count). The molecule has 122 valence electrons. The van der Waals surface area contributed by atoms with E-state index in [-0.39, 0.29) is 0 Å². The first-order valence-corrected chi connectivity index (χ1v) is 8.75. The van der Waals surface area contributed by atoms with E-state index in [0.29, 0.717) is 6.04 Å². The minimum absolute atomic E-state index is 0.555. The molecule has 0 spiro atoms. The Bertz CT molecular complexity index is 407. The second kappa shape index (κ2) is 9.24. The number of aryl methyl sites for hydroxylation is 1. The molecule has 1 aromatic heterocycles. The van der Waals surface area contributed by atoms with Gasteiger partial charge in [0.05, 0.1) is 5.69 Å². The normalized spacial score (nSPS) is 13.1. The molecule has 0 saturated carbocycles. The third-order valence-corrected chi connectivity index (χ3v) is 4.43. The zero-order chi connectivity index (χ0) is 15.8. The summed E-state index contributed by atoms with van der Waals surface area (Å²) in [5.74, 6) is 0.768. The van der Waals surface area contributed by atoms with Gasteiger partial charge in [-0.1, -0.05) is 47.0 Å². The summed E-state index contributed by atoms with van der Waals surface area (Å²) in [5, 5.41) is 8.29. The molecule has 3 nitrogen and oxygen atoms in total. The van der Waals surface area contributed by atoms with E-state index in [4.69, 9.17) is 5.10 Å². The maximum Gasteiger partial charge on any atom is 0.0628 e. The van der Waals surface area contributed by atoms with Gasteiger partial charge in [0.25, 0.3) is 0 Å². The maximum atomic E-state index is 4.79. The van der Waals surface area contributed by atoms with Crippen LogP contribution < -0.4 is 5.32 Å². The first-order chi connectivity index (χ1) is 9.99. The van der Waals surface area contributed by atoms with Gasteiger partial charge in [-0.15, -0.1) is 0 Å². The summed E-state index contributed by atoms with van der Waals surface area (Å²) < 4.78 is 2.25. The summed E-state index contributed by atoms with van der Waals surface area (Å²) in [5.41, 5.74) is 4.02. The molecule has 0 fully saturated rings. The Labute approximate surface area is 131 Å². The molecule has 1 heterocycles. The van der Waals surface area contributed by atoms with E-state index in [1.54, 1.807) is 0 Å². The average Bonchev–Trinajstić information content (AvgIpc) is 2.70. The highest BCUT2D eigenvalue weighted by atomic mass is 15.3. The number of hydrogen-bond donors (Lipinski definition) is 1. The van der Waals surface area contributed by atoms with Gasteiger partial charge in [-0.2, -0.15) is 5.10 Å². The Balaban J connectivity index is 2.67. The van der Waals surface area contributed by atoms with Crippen molar-refractivity contribution < 1.29 is 0 Å². The maximum absolute atomic E-state index is 4.79. The topological polar surface area (TPSA) is 29.9 Å². The molecule has 1 N–H and O–H groups in total. The van der Waals surface area contributed by atoms with Crippen LogP contribution in [0.15, 0.2) is 0 Å². The third-order valence-electron chi connectivity index (χ3n) is 4.43. The van der Waals surface area contributed by atoms with E-state index < -0.39 is 0 Å². The van der Waals surface area contributed by atoms with Crippen LogP contribution in [0, 0.1) is 19.8 Å². The molecule has 0 aliphatic rings. The van der Waals surface area contributed by atoms with E-state index in [1.165, 1.54) is 42.6 Å². The first-order valence-electron chi connectivity index (χ1n) is 8.75. The van der Waals surface area contributed by atoms with Gasteiger partial charge in [0.1, 0.15) is 0 Å². The van der Waals surface area contributed by atoms with Crippen LogP contribution in [-0.2, 0) is 13.0 Å². The molecule has 0 saturated heterocycles. The van der Waals surface area contributed by atoms with Crippen molar-refractivity contribution >= 4 is 0 Å². The number of nitrogens with one attached hydrogen (secondary N) is 1. The molecule has 1 aromatic rings. The van der Waals surface area contributed by atoms with Crippen molar-refractivity contribution in [3.63, 3.8) is 0 Å². The van der Waals surface area contributed by atoms with Crippen LogP contribution in [0.2, 0.25) is 0 Å². The fourth-order valence-electron chi connectivity index (χ4n) is 2.92. The van der Waals surface area contributed by atoms with E-state index in [0.717, 1.165) is 25.4 Å². The summed E-state index contributed by atoms with van der Waals surface area (Å²) in [6.45, 7) is 15.5. The molecule has 0 aromatic carbocycles. The van der Waals surface area contributed by atoms with Crippen molar-refractivity contribution in [2.24, 2.45) is 5.92 Å². The molecule has 0 aliphatic carbocycles. The van der Waals surface area contributed by atoms with Crippen LogP contribution in [0.4, 0.5) is 0 Å². The molecule has 0 radical (unpaired) electrons. The van der Waals surface area contributed by atoms with Gasteiger partial charge in [0.15, 0.2) is 0 Å². The Morgan fingerprint density at radius 2 is 1.90 bits per heavy atom. The smallest absolute Gasteiger partial charge is 0.0628 e. The molecular weight excluding hydrogens is 258 g/mol. The van der Waals surface area contributed by atoms with Gasteiger partial charge >= 0.3 is 0 Å². The lowest BCUT2D eigenvalue weighted by molar-refractivity contribution is 0.367. The molecule has 0 bridgehead atoms. The van der Waals surface area contributed by atoms with Crippen molar-refractivity contribution in [3.05, 3.63) is 17.0 Å². The zero-order valence-electron chi connectivity index (χ0n) is 15.0. The van der Waals surface area contributed by atoms with E-state index in [9.17, 15) is 0 Å². The fraction of sp³-hybridized carbons (Fsp3) is 0.833. The van der Waals surface area contributed by atoms with Gasteiger partial charge < -0.3 is 5.32 Å². The quantitative estimate of drug-likeness (QED) is 0.698. The monoisotopic (exact) mass is 293 g/mol. The highest BCUT2D eigenvalue weighted by Gasteiger charge is 2.14. The van der Waals surface area contributed by atoms with E-state index >= 15 is 0 Å². The van der Waals surface area contributed by atoms with Crippen molar-refractivity contribution in [1.82, 2.24) is 15.1 Å². The highest BCUT2D eigenvalue weighted by molar-refractivity contribution is 5.24. The number of unbranched alkanes of at least 4 members (excludes halogenated alkanes) is 1. The molecule has 3 heteroatoms. The SMILES string of the molecule is CCCCC(CC)Cn1nc(C)c(CCNC(C)C)c1C. The molecule has 21 heavy (non-hydrogen) atoms. The Morgan fingerprint density at radius 3 is 2.48 bits per heavy atom. The third kappa shape index (κ3) is 5.82. The van der Waals surface area contributed by atoms with Crippen LogP contribution in [-0.4, -0.2) is 22.4 Å². The van der Waals surface area contributed by atoms with Gasteiger partial charge in [-0.05, 0) is 44.7 Å². The lowest BCUT2D eigenvalue weighted by Crippen LogP contribution is -2.25. The van der Waals surface area contributed by atoms with Gasteiger partial charge in [0.2, 0.25) is 0 Å². The number of aromatic nitrogens is 2. The van der Waals surface area contributed by atoms with Crippen molar-refractivity contribution in [2.45, 2.75) is 86.2 Å². The minimum Gasteiger partial charge on any atom is -0.314 e. The number of nitrogens with zero attached hydrogens (tertiary/aromatic N) is 2. The second-order valence-corrected chi connectivity index (χ2v) is 6.61. The Hall–Kier alpha value is -0.830. The van der Waals surface area contributed by atoms with Crippen LogP contribution in [0.5, 0.6) is 0 Å². The van der Waals surface area contributed by atoms with E-state index in [1.807, 2.05) is 0 Å². The van der Waals surface area contributed by atoms with Crippen LogP contribution in [0.1, 0.15) is 70.3 Å². The van der Waals surface area contributed by atoms with Crippen LogP contribution in [0.3, 0.4) is 0 Å². The van der Waals surface area contributed by atoms with E-state index in [2.05, 4.69) is 51.5 Å². The largest absolute Gasteiger partial charge is 0.314 e. The predicted molar refractivity (Wildman–Crippen MR) is 91.8 cm³/mol. The lowest BCUT2D eigenvalue weighted by Gasteiger charge is -2.16. The predicted octanol–water partition coefficient (Wildman–Crippen LogP) is 4.26. The standard InChI is InChI=1S/C18H35N3/c1-7-9-10-17(8-2)13-21-16(6)18(15(5)20-21)11-12-19-14(3)4/h14,17,19H,7-13H2,1-6H3. The molecular formula is C18H35N3. The lowest BCUT2D eigenvalue weighted by atomic mass is 9.99. The summed E-state index contributed by atoms with van der Waals surface area (Å²) in [6, 6.07) is 0.555. The van der Waals surface area contributed by atoms with Gasteiger partial charge in [0, 0.05) is 18.3 Å². The summed E-state index contributed by atoms with van der Waals surface area (Å²) in [7, 11) is 0. The molecule has 0 aliphatic heterocycles. The zero-order valence-corrected chi connectivity index (χ0v) is 15.0. The molecule has 0 amide bonds. The molecule has 1 unspecified atom stereocenters. The fourth-order valence-corrected chi connectivity index (χ4v) is 2.92. The van der Waals surface area contributed by atoms with Crippen molar-refractivity contribution in [3.8, 4) is 0 Å². The second-order valence-electron chi connectivity index (χ2n) is 6.61. The summed E-state index contributed by atoms with van der Waals surface area (Å²) >= 11 is 0. The van der Waals surface area contributed by atoms with Crippen LogP contribution >= 0.6 is 0 Å². The van der Waals surface area contributed by atoms with Gasteiger partial charge in [-0.25, -0.2) is 0 Å². The summed E-state index contributed by atoms with van der Waals surface area (Å²) in [6.07, 6.45) is 6.29.